The quantitative estimate of drug-likeness (QED) is 0.680. The Labute approximate surface area is 173 Å². The minimum atomic E-state index is -0.917. The van der Waals surface area contributed by atoms with Gasteiger partial charge in [0.1, 0.15) is 11.8 Å². The molecule has 2 aromatic heterocycles. The second-order valence-electron chi connectivity index (χ2n) is 7.02. The fourth-order valence-electron chi connectivity index (χ4n) is 3.60. The number of rotatable bonds is 5. The van der Waals surface area contributed by atoms with E-state index in [0.717, 1.165) is 5.56 Å². The number of pyridine rings is 1. The van der Waals surface area contributed by atoms with Crippen molar-refractivity contribution in [3.8, 4) is 6.07 Å². The van der Waals surface area contributed by atoms with E-state index in [0.29, 0.717) is 44.1 Å². The van der Waals surface area contributed by atoms with Gasteiger partial charge in [-0.15, -0.1) is 0 Å². The molecule has 2 aliphatic heterocycles. The summed E-state index contributed by atoms with van der Waals surface area (Å²) in [6.45, 7) is 2.26. The van der Waals surface area contributed by atoms with Crippen LogP contribution in [0.2, 0.25) is 0 Å². The summed E-state index contributed by atoms with van der Waals surface area (Å²) in [7, 11) is 0. The first-order valence-electron chi connectivity index (χ1n) is 9.52. The Kier molecular flexibility index (Phi) is 5.51. The number of carbonyl (C=O) groups excluding carboxylic acids is 1. The minimum Gasteiger partial charge on any atom is -0.364 e. The lowest BCUT2D eigenvalue weighted by Crippen LogP contribution is -2.55. The molecule has 3 N–H and O–H groups in total. The number of anilines is 1. The molecule has 0 aliphatic carbocycles. The molecule has 0 spiro atoms. The third-order valence-corrected chi connectivity index (χ3v) is 5.19. The Morgan fingerprint density at radius 1 is 1.30 bits per heavy atom. The van der Waals surface area contributed by atoms with Crippen molar-refractivity contribution in [2.24, 2.45) is 10.8 Å². The average molecular weight is 407 g/mol. The molecule has 1 amide bonds. The van der Waals surface area contributed by atoms with Gasteiger partial charge in [0.25, 0.3) is 5.91 Å². The third kappa shape index (κ3) is 3.91. The van der Waals surface area contributed by atoms with Gasteiger partial charge in [-0.25, -0.2) is 15.0 Å². The van der Waals surface area contributed by atoms with E-state index in [-0.39, 0.29) is 11.7 Å². The number of aliphatic hydroxyl groups excluding tert-OH is 1. The molecule has 1 unspecified atom stereocenters. The summed E-state index contributed by atoms with van der Waals surface area (Å²) in [6.07, 6.45) is 6.18. The molecule has 11 heteroatoms. The summed E-state index contributed by atoms with van der Waals surface area (Å²) in [6, 6.07) is 5.15. The van der Waals surface area contributed by atoms with Crippen LogP contribution in [-0.4, -0.2) is 74.6 Å². The number of hydrazone groups is 1. The molecule has 2 aliphatic rings. The molecule has 154 valence electrons. The number of nitrogens with two attached hydrogens (primary N) is 1. The van der Waals surface area contributed by atoms with Gasteiger partial charge < -0.3 is 15.7 Å². The zero-order valence-electron chi connectivity index (χ0n) is 16.2. The van der Waals surface area contributed by atoms with Crippen molar-refractivity contribution in [2.45, 2.75) is 18.8 Å². The van der Waals surface area contributed by atoms with Crippen molar-refractivity contribution in [1.82, 2.24) is 24.9 Å². The normalized spacial score (nSPS) is 20.2. The molecule has 1 fully saturated rings. The van der Waals surface area contributed by atoms with Crippen LogP contribution in [0.5, 0.6) is 0 Å². The number of nitriles is 1. The Morgan fingerprint density at radius 3 is 2.83 bits per heavy atom. The first kappa shape index (κ1) is 19.7. The van der Waals surface area contributed by atoms with Gasteiger partial charge in [0.15, 0.2) is 0 Å². The van der Waals surface area contributed by atoms with Crippen molar-refractivity contribution in [3.63, 3.8) is 0 Å². The number of piperazine rings is 1. The molecule has 0 aromatic carbocycles. The predicted octanol–water partition coefficient (Wildman–Crippen LogP) is -0.327. The number of hydrogen-bond acceptors (Lipinski definition) is 10. The van der Waals surface area contributed by atoms with Crippen LogP contribution in [0.3, 0.4) is 0 Å². The van der Waals surface area contributed by atoms with E-state index >= 15 is 0 Å². The molecule has 0 radical (unpaired) electrons. The number of carbonyl (C=O) groups is 1. The maximum Gasteiger partial charge on any atom is 0.267 e. The van der Waals surface area contributed by atoms with Gasteiger partial charge in [-0.3, -0.25) is 14.7 Å². The fourth-order valence-corrected chi connectivity index (χ4v) is 3.60. The van der Waals surface area contributed by atoms with Crippen LogP contribution in [0.25, 0.3) is 0 Å². The second-order valence-corrected chi connectivity index (χ2v) is 7.02. The van der Waals surface area contributed by atoms with Crippen LogP contribution in [0.4, 0.5) is 5.95 Å². The Balaban J connectivity index is 1.42. The van der Waals surface area contributed by atoms with Gasteiger partial charge in [0.05, 0.1) is 11.6 Å². The van der Waals surface area contributed by atoms with E-state index in [4.69, 9.17) is 11.0 Å². The van der Waals surface area contributed by atoms with Crippen LogP contribution in [0.15, 0.2) is 35.8 Å². The fraction of sp³-hybridized carbons (Fsp3) is 0.368. The SMILES string of the molecule is N#Cc1cncc([C@@H]2CC=NN2C(O)N2CCN(c3nccc(C(N)=O)n3)CC2)c1. The van der Waals surface area contributed by atoms with E-state index < -0.39 is 12.3 Å². The minimum absolute atomic E-state index is 0.171. The molecule has 11 nitrogen and oxygen atoms in total. The van der Waals surface area contributed by atoms with E-state index in [1.807, 2.05) is 9.80 Å². The van der Waals surface area contributed by atoms with E-state index in [2.05, 4.69) is 26.1 Å². The topological polar surface area (TPSA) is 148 Å². The van der Waals surface area contributed by atoms with Crippen molar-refractivity contribution in [1.29, 1.82) is 5.26 Å². The lowest BCUT2D eigenvalue weighted by atomic mass is 10.1. The zero-order valence-corrected chi connectivity index (χ0v) is 16.2. The van der Waals surface area contributed by atoms with Crippen LogP contribution in [0.1, 0.15) is 34.1 Å². The van der Waals surface area contributed by atoms with E-state index in [1.165, 1.54) is 18.5 Å². The van der Waals surface area contributed by atoms with Crippen LogP contribution >= 0.6 is 0 Å². The Hall–Kier alpha value is -3.62. The highest BCUT2D eigenvalue weighted by molar-refractivity contribution is 5.90. The van der Waals surface area contributed by atoms with E-state index in [9.17, 15) is 9.90 Å². The highest BCUT2D eigenvalue weighted by atomic mass is 16.3. The molecule has 4 heterocycles. The Bertz CT molecular complexity index is 997. The van der Waals surface area contributed by atoms with Crippen molar-refractivity contribution in [3.05, 3.63) is 47.5 Å². The summed E-state index contributed by atoms with van der Waals surface area (Å²) in [4.78, 5) is 27.7. The lowest BCUT2D eigenvalue weighted by Gasteiger charge is -2.41. The van der Waals surface area contributed by atoms with Crippen LogP contribution in [-0.2, 0) is 0 Å². The summed E-state index contributed by atoms with van der Waals surface area (Å²) in [5.41, 5.74) is 6.77. The summed E-state index contributed by atoms with van der Waals surface area (Å²) in [5, 5.41) is 26.1. The monoisotopic (exact) mass is 407 g/mol. The highest BCUT2D eigenvalue weighted by Crippen LogP contribution is 2.30. The molecule has 2 aromatic rings. The molecule has 0 saturated carbocycles. The van der Waals surface area contributed by atoms with Crippen LogP contribution < -0.4 is 10.6 Å². The first-order chi connectivity index (χ1) is 14.6. The first-order valence-corrected chi connectivity index (χ1v) is 9.52. The summed E-state index contributed by atoms with van der Waals surface area (Å²) in [5.74, 6) is -0.155. The van der Waals surface area contributed by atoms with Crippen LogP contribution in [0, 0.1) is 11.3 Å². The summed E-state index contributed by atoms with van der Waals surface area (Å²) >= 11 is 0. The predicted molar refractivity (Wildman–Crippen MR) is 107 cm³/mol. The van der Waals surface area contributed by atoms with Crippen molar-refractivity contribution in [2.75, 3.05) is 31.1 Å². The molecule has 4 rings (SSSR count). The standard InChI is InChI=1S/C19H21N9O2/c20-10-13-9-14(12-22-11-13)16-2-4-24-28(16)19(30)27-7-5-26(6-8-27)18-23-3-1-15(25-18)17(21)29/h1,3-4,9,11-12,16,19,30H,2,5-8H2,(H2,21,29)/t16-,19?/m0/s1. The maximum absolute atomic E-state index is 11.3. The van der Waals surface area contributed by atoms with Gasteiger partial charge in [-0.05, 0) is 17.7 Å². The third-order valence-electron chi connectivity index (χ3n) is 5.19. The largest absolute Gasteiger partial charge is 0.364 e. The molecular formula is C19H21N9O2. The van der Waals surface area contributed by atoms with Gasteiger partial charge in [0.2, 0.25) is 12.3 Å². The average Bonchev–Trinajstić information content (AvgIpc) is 3.29. The number of nitrogens with zero attached hydrogens (tertiary/aromatic N) is 8. The smallest absolute Gasteiger partial charge is 0.267 e. The molecular weight excluding hydrogens is 386 g/mol. The molecule has 0 bridgehead atoms. The number of primary amides is 1. The van der Waals surface area contributed by atoms with Gasteiger partial charge in [-0.1, -0.05) is 0 Å². The van der Waals surface area contributed by atoms with E-state index in [1.54, 1.807) is 23.5 Å². The second kappa shape index (κ2) is 8.40. The number of aromatic nitrogens is 3. The van der Waals surface area contributed by atoms with Crippen molar-refractivity contribution < 1.29 is 9.90 Å². The Morgan fingerprint density at radius 2 is 2.10 bits per heavy atom. The lowest BCUT2D eigenvalue weighted by molar-refractivity contribution is -0.126. The maximum atomic E-state index is 11.3. The summed E-state index contributed by atoms with van der Waals surface area (Å²) < 4.78 is 0. The number of hydrogen-bond donors (Lipinski definition) is 2. The molecule has 1 saturated heterocycles. The highest BCUT2D eigenvalue weighted by Gasteiger charge is 2.34. The number of aliphatic hydroxyl groups is 1. The molecule has 30 heavy (non-hydrogen) atoms. The number of amides is 1. The van der Waals surface area contributed by atoms with Gasteiger partial charge >= 0.3 is 0 Å². The zero-order chi connectivity index (χ0) is 21.1. The van der Waals surface area contributed by atoms with Crippen molar-refractivity contribution >= 4 is 18.1 Å². The van der Waals surface area contributed by atoms with Gasteiger partial charge in [-0.2, -0.15) is 10.4 Å². The van der Waals surface area contributed by atoms with Gasteiger partial charge in [0, 0.05) is 57.4 Å². The molecule has 2 atom stereocenters.